The number of hydrazine groups is 1. The average Bonchev–Trinajstić information content (AvgIpc) is 2.61. The van der Waals surface area contributed by atoms with Gasteiger partial charge in [-0.3, -0.25) is 20.4 Å². The van der Waals surface area contributed by atoms with Crippen LogP contribution < -0.4 is 20.3 Å². The quantitative estimate of drug-likeness (QED) is 0.768. The van der Waals surface area contributed by atoms with Gasteiger partial charge >= 0.3 is 0 Å². The molecule has 0 aliphatic heterocycles. The Kier molecular flexibility index (Phi) is 6.59. The summed E-state index contributed by atoms with van der Waals surface area (Å²) in [5.41, 5.74) is 5.63. The summed E-state index contributed by atoms with van der Waals surface area (Å²) in [7, 11) is 0. The van der Waals surface area contributed by atoms with Crippen LogP contribution in [0.1, 0.15) is 22.8 Å². The van der Waals surface area contributed by atoms with Gasteiger partial charge in [0.05, 0.1) is 6.61 Å². The molecule has 0 spiro atoms. The Labute approximate surface area is 150 Å². The molecule has 2 aromatic rings. The predicted molar refractivity (Wildman–Crippen MR) is 92.7 cm³/mol. The van der Waals surface area contributed by atoms with E-state index in [1.165, 1.54) is 6.20 Å². The summed E-state index contributed by atoms with van der Waals surface area (Å²) in [6, 6.07) is 8.21. The number of pyridine rings is 1. The largest absolute Gasteiger partial charge is 0.484 e. The number of nitrogens with one attached hydrogen (secondary N) is 2. The van der Waals surface area contributed by atoms with E-state index >= 15 is 0 Å². The molecule has 1 aromatic heterocycles. The highest BCUT2D eigenvalue weighted by Gasteiger charge is 2.14. The molecule has 0 aliphatic carbocycles. The van der Waals surface area contributed by atoms with E-state index in [-0.39, 0.29) is 18.1 Å². The van der Waals surface area contributed by atoms with Crippen molar-refractivity contribution in [3.05, 3.63) is 52.7 Å². The van der Waals surface area contributed by atoms with E-state index in [0.29, 0.717) is 17.4 Å². The minimum absolute atomic E-state index is 0.199. The number of halogens is 1. The van der Waals surface area contributed by atoms with Crippen molar-refractivity contribution < 1.29 is 19.1 Å². The van der Waals surface area contributed by atoms with Gasteiger partial charge in [0.1, 0.15) is 11.3 Å². The number of hydrogen-bond donors (Lipinski definition) is 2. The van der Waals surface area contributed by atoms with Crippen LogP contribution in [-0.2, 0) is 4.79 Å². The van der Waals surface area contributed by atoms with Crippen LogP contribution in [0.15, 0.2) is 36.5 Å². The number of ether oxygens (including phenoxy) is 2. The minimum atomic E-state index is -0.535. The lowest BCUT2D eigenvalue weighted by Gasteiger charge is -2.11. The number of aryl methyl sites for hydroxylation is 1. The van der Waals surface area contributed by atoms with E-state index in [9.17, 15) is 9.59 Å². The van der Waals surface area contributed by atoms with Crippen LogP contribution in [-0.4, -0.2) is 30.0 Å². The topological polar surface area (TPSA) is 89.5 Å². The fourth-order valence-electron chi connectivity index (χ4n) is 1.90. The highest BCUT2D eigenvalue weighted by molar-refractivity contribution is 6.31. The van der Waals surface area contributed by atoms with Crippen LogP contribution in [0.25, 0.3) is 0 Å². The molecule has 8 heteroatoms. The standard InChI is InChI=1S/C17H18ClN3O4/c1-3-24-17-13(5-4-8-19-17)16(23)21-20-15(22)10-25-12-6-7-14(18)11(2)9-12/h4-9H,3,10H2,1-2H3,(H,20,22)(H,21,23). The summed E-state index contributed by atoms with van der Waals surface area (Å²) in [6.45, 7) is 3.73. The Morgan fingerprint density at radius 2 is 2.00 bits per heavy atom. The Balaban J connectivity index is 1.85. The van der Waals surface area contributed by atoms with Gasteiger partial charge in [-0.2, -0.15) is 0 Å². The first-order chi connectivity index (χ1) is 12.0. The number of carbonyl (C=O) groups is 2. The van der Waals surface area contributed by atoms with E-state index in [1.54, 1.807) is 37.3 Å². The summed E-state index contributed by atoms with van der Waals surface area (Å²) in [5.74, 6) is -0.339. The zero-order chi connectivity index (χ0) is 18.2. The van der Waals surface area contributed by atoms with Crippen molar-refractivity contribution in [2.24, 2.45) is 0 Å². The maximum Gasteiger partial charge on any atom is 0.276 e. The van der Waals surface area contributed by atoms with Gasteiger partial charge in [0.25, 0.3) is 11.8 Å². The van der Waals surface area contributed by atoms with Gasteiger partial charge in [0.2, 0.25) is 5.88 Å². The van der Waals surface area contributed by atoms with Crippen molar-refractivity contribution in [3.8, 4) is 11.6 Å². The van der Waals surface area contributed by atoms with Crippen LogP contribution >= 0.6 is 11.6 Å². The molecule has 1 heterocycles. The number of nitrogens with zero attached hydrogens (tertiary/aromatic N) is 1. The van der Waals surface area contributed by atoms with E-state index in [4.69, 9.17) is 21.1 Å². The molecule has 132 valence electrons. The fraction of sp³-hybridized carbons (Fsp3) is 0.235. The average molecular weight is 364 g/mol. The molecular weight excluding hydrogens is 346 g/mol. The smallest absolute Gasteiger partial charge is 0.276 e. The summed E-state index contributed by atoms with van der Waals surface area (Å²) in [5, 5.41) is 0.616. The molecule has 0 atom stereocenters. The molecule has 0 bridgehead atoms. The van der Waals surface area contributed by atoms with E-state index < -0.39 is 11.8 Å². The van der Waals surface area contributed by atoms with Gasteiger partial charge < -0.3 is 9.47 Å². The summed E-state index contributed by atoms with van der Waals surface area (Å²) >= 11 is 5.92. The SMILES string of the molecule is CCOc1ncccc1C(=O)NNC(=O)COc1ccc(Cl)c(C)c1. The zero-order valence-electron chi connectivity index (χ0n) is 13.8. The van der Waals surface area contributed by atoms with Crippen LogP contribution in [0.3, 0.4) is 0 Å². The number of hydrogen-bond acceptors (Lipinski definition) is 5. The molecule has 0 fully saturated rings. The fourth-order valence-corrected chi connectivity index (χ4v) is 2.02. The molecular formula is C17H18ClN3O4. The van der Waals surface area contributed by atoms with Crippen LogP contribution in [0.5, 0.6) is 11.6 Å². The predicted octanol–water partition coefficient (Wildman–Crippen LogP) is 2.28. The first-order valence-electron chi connectivity index (χ1n) is 7.57. The van der Waals surface area contributed by atoms with Crippen molar-refractivity contribution in [2.75, 3.05) is 13.2 Å². The zero-order valence-corrected chi connectivity index (χ0v) is 14.6. The van der Waals surface area contributed by atoms with E-state index in [1.807, 2.05) is 6.92 Å². The van der Waals surface area contributed by atoms with Gasteiger partial charge in [-0.05, 0) is 49.7 Å². The van der Waals surface area contributed by atoms with Crippen molar-refractivity contribution in [3.63, 3.8) is 0 Å². The summed E-state index contributed by atoms with van der Waals surface area (Å²) < 4.78 is 10.6. The normalized spacial score (nSPS) is 10.0. The number of amides is 2. The molecule has 0 saturated carbocycles. The second-order valence-electron chi connectivity index (χ2n) is 4.99. The molecule has 7 nitrogen and oxygen atoms in total. The molecule has 2 amide bonds. The Hall–Kier alpha value is -2.80. The second kappa shape index (κ2) is 8.89. The third-order valence-electron chi connectivity index (χ3n) is 3.11. The number of benzene rings is 1. The highest BCUT2D eigenvalue weighted by atomic mass is 35.5. The van der Waals surface area contributed by atoms with Crippen molar-refractivity contribution >= 4 is 23.4 Å². The lowest BCUT2D eigenvalue weighted by atomic mass is 10.2. The third-order valence-corrected chi connectivity index (χ3v) is 3.54. The van der Waals surface area contributed by atoms with Gasteiger partial charge in [-0.1, -0.05) is 11.6 Å². The highest BCUT2D eigenvalue weighted by Crippen LogP contribution is 2.20. The molecule has 2 N–H and O–H groups in total. The summed E-state index contributed by atoms with van der Waals surface area (Å²) in [4.78, 5) is 27.9. The second-order valence-corrected chi connectivity index (χ2v) is 5.40. The van der Waals surface area contributed by atoms with E-state index in [0.717, 1.165) is 5.56 Å². The number of carbonyl (C=O) groups excluding carboxylic acids is 2. The monoisotopic (exact) mass is 363 g/mol. The maximum atomic E-state index is 12.1. The van der Waals surface area contributed by atoms with Gasteiger partial charge in [0, 0.05) is 11.2 Å². The first kappa shape index (κ1) is 18.5. The molecule has 1 aromatic carbocycles. The van der Waals surface area contributed by atoms with Gasteiger partial charge in [0.15, 0.2) is 6.61 Å². The van der Waals surface area contributed by atoms with Crippen LogP contribution in [0.2, 0.25) is 5.02 Å². The minimum Gasteiger partial charge on any atom is -0.484 e. The molecule has 0 aliphatic rings. The lowest BCUT2D eigenvalue weighted by Crippen LogP contribution is -2.44. The molecule has 0 radical (unpaired) electrons. The Bertz CT molecular complexity index is 767. The Morgan fingerprint density at radius 3 is 2.72 bits per heavy atom. The lowest BCUT2D eigenvalue weighted by molar-refractivity contribution is -0.123. The van der Waals surface area contributed by atoms with Crippen molar-refractivity contribution in [1.29, 1.82) is 0 Å². The molecule has 0 saturated heterocycles. The van der Waals surface area contributed by atoms with Crippen LogP contribution in [0.4, 0.5) is 0 Å². The molecule has 2 rings (SSSR count). The first-order valence-corrected chi connectivity index (χ1v) is 7.95. The molecule has 25 heavy (non-hydrogen) atoms. The number of aromatic nitrogens is 1. The van der Waals surface area contributed by atoms with Crippen LogP contribution in [0, 0.1) is 6.92 Å². The summed E-state index contributed by atoms with van der Waals surface area (Å²) in [6.07, 6.45) is 1.52. The van der Waals surface area contributed by atoms with Crippen molar-refractivity contribution in [2.45, 2.75) is 13.8 Å². The Morgan fingerprint density at radius 1 is 1.20 bits per heavy atom. The van der Waals surface area contributed by atoms with Gasteiger partial charge in [-0.25, -0.2) is 4.98 Å². The number of rotatable bonds is 6. The maximum absolute atomic E-state index is 12.1. The van der Waals surface area contributed by atoms with E-state index in [2.05, 4.69) is 15.8 Å². The molecule has 0 unspecified atom stereocenters. The van der Waals surface area contributed by atoms with Gasteiger partial charge in [-0.15, -0.1) is 0 Å². The third kappa shape index (κ3) is 5.36. The van der Waals surface area contributed by atoms with Crippen molar-refractivity contribution in [1.82, 2.24) is 15.8 Å².